The number of hydrogen-bond acceptors (Lipinski definition) is 5. The summed E-state index contributed by atoms with van der Waals surface area (Å²) in [6, 6.07) is 3.34. The summed E-state index contributed by atoms with van der Waals surface area (Å²) in [5.74, 6) is 0.253. The Morgan fingerprint density at radius 3 is 2.90 bits per heavy atom. The lowest BCUT2D eigenvalue weighted by molar-refractivity contribution is 0.0951. The molecule has 2 heterocycles. The van der Waals surface area contributed by atoms with Crippen molar-refractivity contribution < 1.29 is 4.79 Å². The molecule has 1 amide bonds. The highest BCUT2D eigenvalue weighted by molar-refractivity contribution is 5.93. The SMILES string of the molecule is CCn1c(C)ccc(C(=O)NCCCc2nn[nH]n2)c1=O. The number of carbonyl (C=O) groups excluding carboxylic acids is 1. The van der Waals surface area contributed by atoms with Gasteiger partial charge in [-0.3, -0.25) is 9.59 Å². The van der Waals surface area contributed by atoms with Crippen molar-refractivity contribution in [3.8, 4) is 0 Å². The molecule has 0 atom stereocenters. The molecule has 0 spiro atoms. The van der Waals surface area contributed by atoms with Gasteiger partial charge in [0, 0.05) is 25.2 Å². The molecule has 0 aliphatic carbocycles. The number of amides is 1. The minimum absolute atomic E-state index is 0.169. The molecule has 0 bridgehead atoms. The Morgan fingerprint density at radius 2 is 2.24 bits per heavy atom. The molecule has 0 radical (unpaired) electrons. The fraction of sp³-hybridized carbons (Fsp3) is 0.462. The Balaban J connectivity index is 1.93. The van der Waals surface area contributed by atoms with Crippen LogP contribution in [0.4, 0.5) is 0 Å². The number of nitrogens with one attached hydrogen (secondary N) is 2. The van der Waals surface area contributed by atoms with Gasteiger partial charge >= 0.3 is 0 Å². The summed E-state index contributed by atoms with van der Waals surface area (Å²) in [7, 11) is 0. The summed E-state index contributed by atoms with van der Waals surface area (Å²) in [6.45, 7) is 4.72. The van der Waals surface area contributed by atoms with Gasteiger partial charge in [0.15, 0.2) is 5.82 Å². The van der Waals surface area contributed by atoms with E-state index in [1.807, 2.05) is 13.8 Å². The van der Waals surface area contributed by atoms with Crippen LogP contribution in [-0.4, -0.2) is 37.6 Å². The Hall–Kier alpha value is -2.51. The van der Waals surface area contributed by atoms with Crippen LogP contribution in [0.1, 0.15) is 35.2 Å². The summed E-state index contributed by atoms with van der Waals surface area (Å²) in [5, 5.41) is 16.2. The van der Waals surface area contributed by atoms with Crippen molar-refractivity contribution in [3.05, 3.63) is 39.6 Å². The van der Waals surface area contributed by atoms with E-state index in [1.165, 1.54) is 0 Å². The first-order valence-electron chi connectivity index (χ1n) is 6.84. The van der Waals surface area contributed by atoms with Crippen molar-refractivity contribution in [2.45, 2.75) is 33.2 Å². The second kappa shape index (κ2) is 6.78. The first-order chi connectivity index (χ1) is 10.1. The first-order valence-corrected chi connectivity index (χ1v) is 6.84. The second-order valence-corrected chi connectivity index (χ2v) is 4.63. The van der Waals surface area contributed by atoms with Gasteiger partial charge in [0.2, 0.25) is 0 Å². The average Bonchev–Trinajstić information content (AvgIpc) is 2.97. The number of pyridine rings is 1. The fourth-order valence-corrected chi connectivity index (χ4v) is 2.07. The molecule has 21 heavy (non-hydrogen) atoms. The topological polar surface area (TPSA) is 106 Å². The van der Waals surface area contributed by atoms with E-state index in [2.05, 4.69) is 25.9 Å². The number of H-pyrrole nitrogens is 1. The van der Waals surface area contributed by atoms with Gasteiger partial charge in [-0.2, -0.15) is 5.21 Å². The molecule has 0 aliphatic rings. The monoisotopic (exact) mass is 290 g/mol. The molecule has 2 aromatic rings. The number of hydrogen-bond donors (Lipinski definition) is 2. The molecule has 2 N–H and O–H groups in total. The summed E-state index contributed by atoms with van der Waals surface area (Å²) in [4.78, 5) is 24.2. The summed E-state index contributed by atoms with van der Waals surface area (Å²) < 4.78 is 1.58. The lowest BCUT2D eigenvalue weighted by atomic mass is 10.2. The van der Waals surface area contributed by atoms with Gasteiger partial charge in [0.25, 0.3) is 11.5 Å². The average molecular weight is 290 g/mol. The van der Waals surface area contributed by atoms with Crippen molar-refractivity contribution in [1.29, 1.82) is 0 Å². The van der Waals surface area contributed by atoms with Gasteiger partial charge in [-0.15, -0.1) is 10.2 Å². The summed E-state index contributed by atoms with van der Waals surface area (Å²) >= 11 is 0. The molecule has 0 fully saturated rings. The van der Waals surface area contributed by atoms with Crippen LogP contribution in [0.3, 0.4) is 0 Å². The van der Waals surface area contributed by atoms with E-state index in [4.69, 9.17) is 0 Å². The zero-order chi connectivity index (χ0) is 15.2. The molecule has 0 aromatic carbocycles. The van der Waals surface area contributed by atoms with Crippen LogP contribution in [-0.2, 0) is 13.0 Å². The van der Waals surface area contributed by atoms with Crippen LogP contribution in [0, 0.1) is 6.92 Å². The van der Waals surface area contributed by atoms with Crippen molar-refractivity contribution in [1.82, 2.24) is 30.5 Å². The third-order valence-corrected chi connectivity index (χ3v) is 3.21. The van der Waals surface area contributed by atoms with E-state index in [0.717, 1.165) is 5.69 Å². The molecule has 112 valence electrons. The Bertz CT molecular complexity index is 662. The molecule has 0 unspecified atom stereocenters. The predicted molar refractivity (Wildman–Crippen MR) is 75.9 cm³/mol. The maximum Gasteiger partial charge on any atom is 0.263 e. The highest BCUT2D eigenvalue weighted by atomic mass is 16.2. The van der Waals surface area contributed by atoms with Crippen LogP contribution in [0.15, 0.2) is 16.9 Å². The maximum absolute atomic E-state index is 12.2. The van der Waals surface area contributed by atoms with Gasteiger partial charge in [-0.05, 0) is 32.4 Å². The summed E-state index contributed by atoms with van der Waals surface area (Å²) in [5.41, 5.74) is 0.756. The third kappa shape index (κ3) is 3.53. The number of aromatic amines is 1. The van der Waals surface area contributed by atoms with Crippen LogP contribution in [0.2, 0.25) is 0 Å². The van der Waals surface area contributed by atoms with E-state index < -0.39 is 0 Å². The molecular formula is C13H18N6O2. The number of aryl methyl sites for hydroxylation is 2. The van der Waals surface area contributed by atoms with Crippen LogP contribution in [0.25, 0.3) is 0 Å². The van der Waals surface area contributed by atoms with Gasteiger partial charge in [-0.1, -0.05) is 5.21 Å². The molecule has 8 nitrogen and oxygen atoms in total. The fourth-order valence-electron chi connectivity index (χ4n) is 2.07. The first kappa shape index (κ1) is 14.9. The Morgan fingerprint density at radius 1 is 1.43 bits per heavy atom. The van der Waals surface area contributed by atoms with Crippen molar-refractivity contribution in [3.63, 3.8) is 0 Å². The predicted octanol–water partition coefficient (Wildman–Crippen LogP) is 0.0523. The van der Waals surface area contributed by atoms with Crippen molar-refractivity contribution in [2.75, 3.05) is 6.54 Å². The van der Waals surface area contributed by atoms with Crippen molar-refractivity contribution >= 4 is 5.91 Å². The van der Waals surface area contributed by atoms with Crippen LogP contribution < -0.4 is 10.9 Å². The smallest absolute Gasteiger partial charge is 0.263 e. The molecule has 2 aromatic heterocycles. The highest BCUT2D eigenvalue weighted by Crippen LogP contribution is 1.99. The van der Waals surface area contributed by atoms with Crippen LogP contribution in [0.5, 0.6) is 0 Å². The van der Waals surface area contributed by atoms with E-state index in [9.17, 15) is 9.59 Å². The second-order valence-electron chi connectivity index (χ2n) is 4.63. The largest absolute Gasteiger partial charge is 0.352 e. The normalized spacial score (nSPS) is 10.6. The van der Waals surface area contributed by atoms with Crippen LogP contribution >= 0.6 is 0 Å². The molecule has 0 aliphatic heterocycles. The summed E-state index contributed by atoms with van der Waals surface area (Å²) in [6.07, 6.45) is 1.29. The molecule has 0 saturated carbocycles. The molecular weight excluding hydrogens is 272 g/mol. The van der Waals surface area contributed by atoms with Gasteiger partial charge < -0.3 is 9.88 Å². The standard InChI is InChI=1S/C13H18N6O2/c1-3-19-9(2)6-7-10(13(19)21)12(20)14-8-4-5-11-15-17-18-16-11/h6-7H,3-5,8H2,1-2H3,(H,14,20)(H,15,16,17,18). The Labute approximate surface area is 121 Å². The number of carbonyl (C=O) groups is 1. The minimum atomic E-state index is -0.352. The highest BCUT2D eigenvalue weighted by Gasteiger charge is 2.12. The minimum Gasteiger partial charge on any atom is -0.352 e. The van der Waals surface area contributed by atoms with Gasteiger partial charge in [0.1, 0.15) is 5.56 Å². The van der Waals surface area contributed by atoms with E-state index in [1.54, 1.807) is 16.7 Å². The molecule has 8 heteroatoms. The number of aromatic nitrogens is 5. The number of nitrogens with zero attached hydrogens (tertiary/aromatic N) is 4. The zero-order valence-electron chi connectivity index (χ0n) is 12.1. The van der Waals surface area contributed by atoms with Gasteiger partial charge in [-0.25, -0.2) is 0 Å². The number of tetrazole rings is 1. The van der Waals surface area contributed by atoms with E-state index in [-0.39, 0.29) is 17.0 Å². The van der Waals surface area contributed by atoms with Gasteiger partial charge in [0.05, 0.1) is 0 Å². The zero-order valence-corrected chi connectivity index (χ0v) is 12.1. The Kier molecular flexibility index (Phi) is 4.81. The maximum atomic E-state index is 12.2. The molecule has 2 rings (SSSR count). The lowest BCUT2D eigenvalue weighted by Crippen LogP contribution is -2.34. The molecule has 0 saturated heterocycles. The van der Waals surface area contributed by atoms with E-state index in [0.29, 0.717) is 31.8 Å². The van der Waals surface area contributed by atoms with E-state index >= 15 is 0 Å². The van der Waals surface area contributed by atoms with Crippen molar-refractivity contribution in [2.24, 2.45) is 0 Å². The third-order valence-electron chi connectivity index (χ3n) is 3.21. The lowest BCUT2D eigenvalue weighted by Gasteiger charge is -2.09. The number of rotatable bonds is 6. The quantitative estimate of drug-likeness (QED) is 0.731.